The smallest absolute Gasteiger partial charge is 0.0406 e. The van der Waals surface area contributed by atoms with Gasteiger partial charge in [0, 0.05) is 17.1 Å². The maximum atomic E-state index is 6.00. The average Bonchev–Trinajstić information content (AvgIpc) is 2.43. The summed E-state index contributed by atoms with van der Waals surface area (Å²) in [5.41, 5.74) is 1.34. The van der Waals surface area contributed by atoms with Crippen LogP contribution in [0.25, 0.3) is 0 Å². The molecule has 0 aliphatic rings. The molecule has 1 aromatic carbocycles. The molecule has 0 amide bonds. The lowest BCUT2D eigenvalue weighted by Crippen LogP contribution is -2.36. The Morgan fingerprint density at radius 3 is 2.05 bits per heavy atom. The van der Waals surface area contributed by atoms with Crippen LogP contribution < -0.4 is 5.32 Å². The predicted molar refractivity (Wildman–Crippen MR) is 90.3 cm³/mol. The monoisotopic (exact) mass is 295 g/mol. The first-order valence-electron chi connectivity index (χ1n) is 7.99. The fourth-order valence-electron chi connectivity index (χ4n) is 2.60. The third-order valence-corrected chi connectivity index (χ3v) is 4.44. The van der Waals surface area contributed by atoms with Gasteiger partial charge in [-0.15, -0.1) is 0 Å². The van der Waals surface area contributed by atoms with Crippen molar-refractivity contribution in [1.82, 2.24) is 5.32 Å². The van der Waals surface area contributed by atoms with Crippen molar-refractivity contribution in [1.29, 1.82) is 0 Å². The minimum Gasteiger partial charge on any atom is -0.307 e. The lowest BCUT2D eigenvalue weighted by atomic mass is 9.92. The van der Waals surface area contributed by atoms with Crippen LogP contribution in [0.2, 0.25) is 5.02 Å². The number of rotatable bonds is 8. The van der Waals surface area contributed by atoms with Crippen molar-refractivity contribution in [3.05, 3.63) is 34.9 Å². The molecule has 114 valence electrons. The lowest BCUT2D eigenvalue weighted by molar-refractivity contribution is 0.310. The van der Waals surface area contributed by atoms with Gasteiger partial charge in [0.1, 0.15) is 0 Å². The molecule has 1 rings (SSSR count). The standard InChI is InChI=1S/C18H30ClN/c1-6-14(5)12-17(7-2)20-18(13(3)4)15-8-10-16(19)11-9-15/h8-11,13-14,17-18,20H,6-7,12H2,1-5H3. The van der Waals surface area contributed by atoms with Gasteiger partial charge in [0.05, 0.1) is 0 Å². The molecule has 1 aromatic rings. The van der Waals surface area contributed by atoms with E-state index in [9.17, 15) is 0 Å². The molecule has 1 nitrogen and oxygen atoms in total. The van der Waals surface area contributed by atoms with E-state index in [1.807, 2.05) is 12.1 Å². The Balaban J connectivity index is 2.77. The molecular weight excluding hydrogens is 266 g/mol. The summed E-state index contributed by atoms with van der Waals surface area (Å²) in [5.74, 6) is 1.35. The summed E-state index contributed by atoms with van der Waals surface area (Å²) in [4.78, 5) is 0. The van der Waals surface area contributed by atoms with E-state index in [0.717, 1.165) is 10.9 Å². The summed E-state index contributed by atoms with van der Waals surface area (Å²) in [6.07, 6.45) is 3.69. The molecule has 3 atom stereocenters. The molecule has 1 N–H and O–H groups in total. The normalized spacial score (nSPS) is 16.1. The molecule has 0 aromatic heterocycles. The fraction of sp³-hybridized carbons (Fsp3) is 0.667. The Morgan fingerprint density at radius 2 is 1.60 bits per heavy atom. The average molecular weight is 296 g/mol. The first kappa shape index (κ1) is 17.5. The lowest BCUT2D eigenvalue weighted by Gasteiger charge is -2.30. The van der Waals surface area contributed by atoms with Crippen LogP contribution >= 0.6 is 11.6 Å². The van der Waals surface area contributed by atoms with Gasteiger partial charge in [-0.05, 0) is 42.4 Å². The van der Waals surface area contributed by atoms with Gasteiger partial charge >= 0.3 is 0 Å². The predicted octanol–water partition coefficient (Wildman–Crippen LogP) is 5.84. The molecule has 3 unspecified atom stereocenters. The highest BCUT2D eigenvalue weighted by atomic mass is 35.5. The van der Waals surface area contributed by atoms with Gasteiger partial charge in [-0.3, -0.25) is 0 Å². The molecule has 0 saturated heterocycles. The number of halogens is 1. The van der Waals surface area contributed by atoms with Crippen LogP contribution in [0.5, 0.6) is 0 Å². The Labute approximate surface area is 130 Å². The highest BCUT2D eigenvalue weighted by Crippen LogP contribution is 2.25. The van der Waals surface area contributed by atoms with Crippen molar-refractivity contribution >= 4 is 11.6 Å². The fourth-order valence-corrected chi connectivity index (χ4v) is 2.73. The molecule has 0 heterocycles. The molecule has 0 fully saturated rings. The van der Waals surface area contributed by atoms with Gasteiger partial charge in [-0.25, -0.2) is 0 Å². The van der Waals surface area contributed by atoms with E-state index in [0.29, 0.717) is 18.0 Å². The van der Waals surface area contributed by atoms with E-state index in [1.165, 1.54) is 24.8 Å². The summed E-state index contributed by atoms with van der Waals surface area (Å²) >= 11 is 6.00. The molecule has 0 radical (unpaired) electrons. The molecule has 0 aliphatic carbocycles. The number of hydrogen-bond donors (Lipinski definition) is 1. The highest BCUT2D eigenvalue weighted by Gasteiger charge is 2.20. The second-order valence-corrected chi connectivity index (χ2v) is 6.73. The van der Waals surface area contributed by atoms with Gasteiger partial charge < -0.3 is 5.32 Å². The van der Waals surface area contributed by atoms with Crippen molar-refractivity contribution in [2.45, 2.75) is 66.0 Å². The third-order valence-electron chi connectivity index (χ3n) is 4.19. The zero-order chi connectivity index (χ0) is 15.1. The number of nitrogens with one attached hydrogen (secondary N) is 1. The van der Waals surface area contributed by atoms with Gasteiger partial charge in [-0.2, -0.15) is 0 Å². The second-order valence-electron chi connectivity index (χ2n) is 6.29. The van der Waals surface area contributed by atoms with Crippen LogP contribution in [0.4, 0.5) is 0 Å². The van der Waals surface area contributed by atoms with E-state index in [1.54, 1.807) is 0 Å². The highest BCUT2D eigenvalue weighted by molar-refractivity contribution is 6.30. The Kier molecular flexibility index (Phi) is 7.61. The second kappa shape index (κ2) is 8.69. The quantitative estimate of drug-likeness (QED) is 0.635. The third kappa shape index (κ3) is 5.46. The van der Waals surface area contributed by atoms with Crippen molar-refractivity contribution < 1.29 is 0 Å². The Bertz CT molecular complexity index is 372. The Hall–Kier alpha value is -0.530. The zero-order valence-corrected chi connectivity index (χ0v) is 14.4. The first-order chi connectivity index (χ1) is 9.47. The molecule has 0 saturated carbocycles. The summed E-state index contributed by atoms with van der Waals surface area (Å²) in [5, 5.41) is 4.67. The van der Waals surface area contributed by atoms with E-state index < -0.39 is 0 Å². The SMILES string of the molecule is CCC(C)CC(CC)NC(c1ccc(Cl)cc1)C(C)C. The van der Waals surface area contributed by atoms with Crippen LogP contribution in [0.1, 0.15) is 65.5 Å². The zero-order valence-electron chi connectivity index (χ0n) is 13.6. The number of hydrogen-bond acceptors (Lipinski definition) is 1. The van der Waals surface area contributed by atoms with Gasteiger partial charge in [0.15, 0.2) is 0 Å². The van der Waals surface area contributed by atoms with Gasteiger partial charge in [0.25, 0.3) is 0 Å². The number of benzene rings is 1. The summed E-state index contributed by atoms with van der Waals surface area (Å²) in [6, 6.07) is 9.27. The minimum absolute atomic E-state index is 0.404. The molecule has 0 spiro atoms. The summed E-state index contributed by atoms with van der Waals surface area (Å²) < 4.78 is 0. The first-order valence-corrected chi connectivity index (χ1v) is 8.37. The van der Waals surface area contributed by atoms with Crippen LogP contribution in [-0.2, 0) is 0 Å². The van der Waals surface area contributed by atoms with Crippen molar-refractivity contribution in [3.8, 4) is 0 Å². The van der Waals surface area contributed by atoms with Crippen LogP contribution in [0, 0.1) is 11.8 Å². The van der Waals surface area contributed by atoms with Crippen molar-refractivity contribution in [2.24, 2.45) is 11.8 Å². The summed E-state index contributed by atoms with van der Waals surface area (Å²) in [7, 11) is 0. The van der Waals surface area contributed by atoms with E-state index in [4.69, 9.17) is 11.6 Å². The van der Waals surface area contributed by atoms with Crippen LogP contribution in [0.3, 0.4) is 0 Å². The van der Waals surface area contributed by atoms with Crippen LogP contribution in [-0.4, -0.2) is 6.04 Å². The van der Waals surface area contributed by atoms with E-state index in [-0.39, 0.29) is 0 Å². The molecule has 0 bridgehead atoms. The summed E-state index contributed by atoms with van der Waals surface area (Å²) in [6.45, 7) is 11.5. The molecular formula is C18H30ClN. The van der Waals surface area contributed by atoms with E-state index >= 15 is 0 Å². The minimum atomic E-state index is 0.404. The van der Waals surface area contributed by atoms with Crippen molar-refractivity contribution in [2.75, 3.05) is 0 Å². The molecule has 20 heavy (non-hydrogen) atoms. The Morgan fingerprint density at radius 1 is 1.00 bits per heavy atom. The van der Waals surface area contributed by atoms with Gasteiger partial charge in [0.2, 0.25) is 0 Å². The topological polar surface area (TPSA) is 12.0 Å². The van der Waals surface area contributed by atoms with Gasteiger partial charge in [-0.1, -0.05) is 64.8 Å². The molecule has 2 heteroatoms. The van der Waals surface area contributed by atoms with Crippen molar-refractivity contribution in [3.63, 3.8) is 0 Å². The van der Waals surface area contributed by atoms with Crippen LogP contribution in [0.15, 0.2) is 24.3 Å². The maximum Gasteiger partial charge on any atom is 0.0406 e. The molecule has 0 aliphatic heterocycles. The van der Waals surface area contributed by atoms with E-state index in [2.05, 4.69) is 52.1 Å². The maximum absolute atomic E-state index is 6.00. The largest absolute Gasteiger partial charge is 0.307 e.